The van der Waals surface area contributed by atoms with Crippen molar-refractivity contribution in [3.05, 3.63) is 57.1 Å². The van der Waals surface area contributed by atoms with Gasteiger partial charge in [0.1, 0.15) is 5.69 Å². The van der Waals surface area contributed by atoms with Crippen LogP contribution in [0.15, 0.2) is 41.3 Å². The molecule has 0 bridgehead atoms. The van der Waals surface area contributed by atoms with Crippen molar-refractivity contribution in [2.45, 2.75) is 31.1 Å². The van der Waals surface area contributed by atoms with Crippen LogP contribution >= 0.6 is 11.6 Å². The fourth-order valence-corrected chi connectivity index (χ4v) is 5.05. The van der Waals surface area contributed by atoms with Crippen molar-refractivity contribution in [2.24, 2.45) is 0 Å². The zero-order valence-electron chi connectivity index (χ0n) is 16.9. The highest BCUT2D eigenvalue weighted by molar-refractivity contribution is 7.89. The minimum absolute atomic E-state index is 0.0561. The van der Waals surface area contributed by atoms with Crippen molar-refractivity contribution in [3.8, 4) is 0 Å². The third kappa shape index (κ3) is 5.33. The van der Waals surface area contributed by atoms with Crippen LogP contribution in [0.5, 0.6) is 0 Å². The summed E-state index contributed by atoms with van der Waals surface area (Å²) in [7, 11) is -3.81. The van der Waals surface area contributed by atoms with Crippen LogP contribution in [0.3, 0.4) is 0 Å². The van der Waals surface area contributed by atoms with E-state index in [9.17, 15) is 23.3 Å². The maximum Gasteiger partial charge on any atom is 0.293 e. The minimum Gasteiger partial charge on any atom is -0.371 e. The van der Waals surface area contributed by atoms with E-state index in [1.165, 1.54) is 16.4 Å². The van der Waals surface area contributed by atoms with E-state index in [1.807, 2.05) is 0 Å². The molecule has 1 aliphatic heterocycles. The van der Waals surface area contributed by atoms with Crippen LogP contribution in [0, 0.1) is 17.0 Å². The quantitative estimate of drug-likeness (QED) is 0.473. The fourth-order valence-electron chi connectivity index (χ4n) is 3.34. The van der Waals surface area contributed by atoms with Crippen LogP contribution in [-0.2, 0) is 14.8 Å². The lowest BCUT2D eigenvalue weighted by atomic mass is 10.2. The predicted octanol–water partition coefficient (Wildman–Crippen LogP) is 3.78. The third-order valence-corrected chi connectivity index (χ3v) is 7.40. The Bertz CT molecular complexity index is 1100. The lowest BCUT2D eigenvalue weighted by Gasteiger charge is -2.25. The second kappa shape index (κ2) is 9.63. The summed E-state index contributed by atoms with van der Waals surface area (Å²) in [6.45, 7) is 2.32. The van der Waals surface area contributed by atoms with Crippen molar-refractivity contribution in [2.75, 3.05) is 30.3 Å². The maximum absolute atomic E-state index is 12.8. The van der Waals surface area contributed by atoms with E-state index in [4.69, 9.17) is 11.6 Å². The summed E-state index contributed by atoms with van der Waals surface area (Å²) in [4.78, 5) is 23.0. The van der Waals surface area contributed by atoms with Gasteiger partial charge in [-0.25, -0.2) is 8.42 Å². The summed E-state index contributed by atoms with van der Waals surface area (Å²) < 4.78 is 27.0. The van der Waals surface area contributed by atoms with Gasteiger partial charge in [-0.2, -0.15) is 4.31 Å². The van der Waals surface area contributed by atoms with E-state index < -0.39 is 26.5 Å². The number of hydrogen-bond acceptors (Lipinski definition) is 6. The van der Waals surface area contributed by atoms with Gasteiger partial charge in [-0.3, -0.25) is 14.9 Å². The zero-order valence-corrected chi connectivity index (χ0v) is 18.5. The Labute approximate surface area is 185 Å². The second-order valence-corrected chi connectivity index (χ2v) is 9.56. The van der Waals surface area contributed by atoms with E-state index in [0.29, 0.717) is 29.4 Å². The normalized spacial score (nSPS) is 14.8. The Balaban J connectivity index is 1.75. The lowest BCUT2D eigenvalue weighted by molar-refractivity contribution is -0.384. The molecule has 1 aliphatic rings. The van der Waals surface area contributed by atoms with Gasteiger partial charge in [-0.05, 0) is 49.6 Å². The Kier molecular flexibility index (Phi) is 7.14. The minimum atomic E-state index is -3.81. The number of anilines is 2. The van der Waals surface area contributed by atoms with Crippen LogP contribution in [0.4, 0.5) is 17.1 Å². The number of sulfonamides is 1. The number of rotatable bonds is 7. The Morgan fingerprint density at radius 2 is 1.87 bits per heavy atom. The van der Waals surface area contributed by atoms with Crippen molar-refractivity contribution in [1.82, 2.24) is 4.31 Å². The van der Waals surface area contributed by atoms with Crippen LogP contribution in [0.2, 0.25) is 5.02 Å². The molecule has 9 nitrogen and oxygen atoms in total. The first-order valence-electron chi connectivity index (χ1n) is 9.77. The van der Waals surface area contributed by atoms with Crippen LogP contribution in [-0.4, -0.2) is 43.2 Å². The van der Waals surface area contributed by atoms with Gasteiger partial charge in [-0.1, -0.05) is 24.1 Å². The number of nitrogens with zero attached hydrogens (tertiary/aromatic N) is 2. The summed E-state index contributed by atoms with van der Waals surface area (Å²) in [5.41, 5.74) is 0.887. The third-order valence-electron chi connectivity index (χ3n) is 5.10. The van der Waals surface area contributed by atoms with E-state index >= 15 is 0 Å². The average molecular weight is 467 g/mol. The molecule has 0 aromatic heterocycles. The highest BCUT2D eigenvalue weighted by Gasteiger charge is 2.28. The Hall–Kier alpha value is -2.69. The highest BCUT2D eigenvalue weighted by Crippen LogP contribution is 2.30. The molecule has 0 unspecified atom stereocenters. The van der Waals surface area contributed by atoms with Gasteiger partial charge in [0.2, 0.25) is 15.9 Å². The van der Waals surface area contributed by atoms with E-state index in [-0.39, 0.29) is 17.1 Å². The maximum atomic E-state index is 12.8. The number of benzene rings is 2. The molecule has 11 heteroatoms. The first-order chi connectivity index (χ1) is 14.7. The Morgan fingerprint density at radius 1 is 1.16 bits per heavy atom. The number of nitro groups is 1. The number of nitro benzene ring substituents is 1. The van der Waals surface area contributed by atoms with E-state index in [0.717, 1.165) is 25.3 Å². The number of piperidine rings is 1. The lowest BCUT2D eigenvalue weighted by Crippen LogP contribution is -2.35. The van der Waals surface area contributed by atoms with Gasteiger partial charge in [0.15, 0.2) is 0 Å². The molecule has 2 N–H and O–H groups in total. The topological polar surface area (TPSA) is 122 Å². The first-order valence-corrected chi connectivity index (χ1v) is 11.6. The molecule has 31 heavy (non-hydrogen) atoms. The summed E-state index contributed by atoms with van der Waals surface area (Å²) in [6.07, 6.45) is 2.50. The monoisotopic (exact) mass is 466 g/mol. The van der Waals surface area contributed by atoms with Crippen molar-refractivity contribution >= 4 is 44.6 Å². The molecule has 1 amide bonds. The molecule has 0 atom stereocenters. The van der Waals surface area contributed by atoms with Gasteiger partial charge >= 0.3 is 0 Å². The van der Waals surface area contributed by atoms with Gasteiger partial charge in [0.25, 0.3) is 5.69 Å². The summed E-state index contributed by atoms with van der Waals surface area (Å²) >= 11 is 6.04. The van der Waals surface area contributed by atoms with Crippen LogP contribution in [0.25, 0.3) is 0 Å². The van der Waals surface area contributed by atoms with Gasteiger partial charge in [-0.15, -0.1) is 0 Å². The molecule has 0 radical (unpaired) electrons. The first kappa shape index (κ1) is 23.0. The van der Waals surface area contributed by atoms with Gasteiger partial charge < -0.3 is 10.6 Å². The molecule has 0 aliphatic carbocycles. The number of carbonyl (C=O) groups is 1. The zero-order chi connectivity index (χ0) is 22.6. The second-order valence-electron chi connectivity index (χ2n) is 7.21. The molecule has 1 fully saturated rings. The fraction of sp³-hybridized carbons (Fsp3) is 0.350. The van der Waals surface area contributed by atoms with Crippen LogP contribution < -0.4 is 10.6 Å². The number of carbonyl (C=O) groups excluding carboxylic acids is 1. The standard InChI is InChI=1S/C20H23ClN4O5S/c1-14-16(21)6-5-7-17(14)23-20(26)13-22-18-9-8-15(12-19(18)25(27)28)31(29,30)24-10-3-2-4-11-24/h5-9,12,22H,2-4,10-11,13H2,1H3,(H,23,26). The summed E-state index contributed by atoms with van der Waals surface area (Å²) in [6, 6.07) is 8.76. The molecular formula is C20H23ClN4O5S. The predicted molar refractivity (Wildman–Crippen MR) is 119 cm³/mol. The number of amides is 1. The Morgan fingerprint density at radius 3 is 2.55 bits per heavy atom. The molecule has 166 valence electrons. The van der Waals surface area contributed by atoms with E-state index in [1.54, 1.807) is 25.1 Å². The van der Waals surface area contributed by atoms with E-state index in [2.05, 4.69) is 10.6 Å². The molecule has 3 rings (SSSR count). The molecule has 0 spiro atoms. The molecule has 0 saturated carbocycles. The SMILES string of the molecule is Cc1c(Cl)cccc1NC(=O)CNc1ccc(S(=O)(=O)N2CCCCC2)cc1[N+](=O)[O-]. The van der Waals surface area contributed by atoms with Crippen molar-refractivity contribution in [1.29, 1.82) is 0 Å². The summed E-state index contributed by atoms with van der Waals surface area (Å²) in [5.74, 6) is -0.426. The molecular weight excluding hydrogens is 444 g/mol. The number of halogens is 1. The summed E-state index contributed by atoms with van der Waals surface area (Å²) in [5, 5.41) is 17.4. The molecule has 2 aromatic carbocycles. The number of hydrogen-bond donors (Lipinski definition) is 2. The van der Waals surface area contributed by atoms with Gasteiger partial charge in [0, 0.05) is 29.9 Å². The van der Waals surface area contributed by atoms with Crippen molar-refractivity contribution in [3.63, 3.8) is 0 Å². The largest absolute Gasteiger partial charge is 0.371 e. The van der Waals surface area contributed by atoms with Gasteiger partial charge in [0.05, 0.1) is 16.4 Å². The smallest absolute Gasteiger partial charge is 0.293 e. The molecule has 1 saturated heterocycles. The van der Waals surface area contributed by atoms with Crippen molar-refractivity contribution < 1.29 is 18.1 Å². The number of nitrogens with one attached hydrogen (secondary N) is 2. The molecule has 1 heterocycles. The highest BCUT2D eigenvalue weighted by atomic mass is 35.5. The van der Waals surface area contributed by atoms with Crippen LogP contribution in [0.1, 0.15) is 24.8 Å². The molecule has 2 aromatic rings. The average Bonchev–Trinajstić information content (AvgIpc) is 2.76.